The average Bonchev–Trinajstić information content (AvgIpc) is 3.23. The Hall–Kier alpha value is -1.39. The van der Waals surface area contributed by atoms with Gasteiger partial charge >= 0.3 is 0 Å². The zero-order valence-electron chi connectivity index (χ0n) is 39.3. The Balaban J connectivity index is 3.51. The highest BCUT2D eigenvalue weighted by Crippen LogP contribution is 2.16. The summed E-state index contributed by atoms with van der Waals surface area (Å²) in [4.78, 5) is 12.4. The molecule has 0 spiro atoms. The van der Waals surface area contributed by atoms with Crippen LogP contribution in [0.15, 0.2) is 36.5 Å². The third-order valence-electron chi connectivity index (χ3n) is 12.1. The normalized spacial score (nSPS) is 13.1. The summed E-state index contributed by atoms with van der Waals surface area (Å²) in [6.45, 7) is 4.32. The molecule has 0 saturated heterocycles. The molecule has 0 aliphatic rings. The van der Waals surface area contributed by atoms with E-state index in [1.807, 2.05) is 6.08 Å². The van der Waals surface area contributed by atoms with Crippen molar-refractivity contribution in [1.29, 1.82) is 0 Å². The second kappa shape index (κ2) is 50.0. The number of carbonyl (C=O) groups excluding carboxylic acids is 1. The highest BCUT2D eigenvalue weighted by atomic mass is 16.3. The Kier molecular flexibility index (Phi) is 48.8. The zero-order chi connectivity index (χ0) is 42.1. The summed E-state index contributed by atoms with van der Waals surface area (Å²) in [7, 11) is 0. The van der Waals surface area contributed by atoms with Crippen molar-refractivity contribution in [3.8, 4) is 0 Å². The lowest BCUT2D eigenvalue weighted by atomic mass is 10.0. The standard InChI is InChI=1S/C54H103NO3/c1-3-5-7-9-11-13-15-17-19-21-23-24-25-26-27-28-29-30-31-32-34-36-38-40-42-44-46-48-50-54(58)55-52(51-56)53(57)49-47-45-43-41-39-37-35-33-22-20-18-16-14-12-10-8-6-4-2/h26-27,39,41,47,49,52-53,56-57H,3-25,28-38,40,42-46,48,50-51H2,1-2H3,(H,55,58)/b27-26-,41-39+,49-47+. The first-order valence-corrected chi connectivity index (χ1v) is 26.2. The second-order valence-corrected chi connectivity index (χ2v) is 17.9. The molecule has 4 nitrogen and oxygen atoms in total. The molecule has 0 fully saturated rings. The number of carbonyl (C=O) groups is 1. The lowest BCUT2D eigenvalue weighted by Gasteiger charge is -2.19. The first-order chi connectivity index (χ1) is 28.7. The molecule has 0 aliphatic carbocycles. The van der Waals surface area contributed by atoms with E-state index in [2.05, 4.69) is 43.5 Å². The van der Waals surface area contributed by atoms with Gasteiger partial charge in [-0.05, 0) is 57.8 Å². The molecule has 0 aromatic rings. The molecule has 0 radical (unpaired) electrons. The van der Waals surface area contributed by atoms with Crippen molar-refractivity contribution >= 4 is 5.91 Å². The second-order valence-electron chi connectivity index (χ2n) is 17.9. The van der Waals surface area contributed by atoms with E-state index in [1.54, 1.807) is 6.08 Å². The van der Waals surface area contributed by atoms with Crippen molar-refractivity contribution in [1.82, 2.24) is 5.32 Å². The van der Waals surface area contributed by atoms with E-state index < -0.39 is 12.1 Å². The highest BCUT2D eigenvalue weighted by Gasteiger charge is 2.17. The van der Waals surface area contributed by atoms with Gasteiger partial charge in [-0.2, -0.15) is 0 Å². The van der Waals surface area contributed by atoms with Crippen LogP contribution in [0.2, 0.25) is 0 Å². The minimum absolute atomic E-state index is 0.0712. The number of rotatable bonds is 48. The van der Waals surface area contributed by atoms with Gasteiger partial charge in [0, 0.05) is 6.42 Å². The number of amides is 1. The topological polar surface area (TPSA) is 69.6 Å². The van der Waals surface area contributed by atoms with Crippen LogP contribution in [-0.2, 0) is 4.79 Å². The molecule has 1 amide bonds. The van der Waals surface area contributed by atoms with Gasteiger partial charge in [0.15, 0.2) is 0 Å². The molecule has 4 heteroatoms. The van der Waals surface area contributed by atoms with Crippen molar-refractivity contribution in [3.63, 3.8) is 0 Å². The van der Waals surface area contributed by atoms with Gasteiger partial charge in [0.1, 0.15) is 0 Å². The lowest BCUT2D eigenvalue weighted by molar-refractivity contribution is -0.123. The number of hydrogen-bond donors (Lipinski definition) is 3. The zero-order valence-corrected chi connectivity index (χ0v) is 39.3. The van der Waals surface area contributed by atoms with Crippen molar-refractivity contribution in [2.24, 2.45) is 0 Å². The van der Waals surface area contributed by atoms with Crippen LogP contribution in [-0.4, -0.2) is 34.9 Å². The number of nitrogens with one attached hydrogen (secondary N) is 1. The van der Waals surface area contributed by atoms with Gasteiger partial charge in [-0.3, -0.25) is 4.79 Å². The van der Waals surface area contributed by atoms with E-state index in [9.17, 15) is 15.0 Å². The molecule has 3 N–H and O–H groups in total. The van der Waals surface area contributed by atoms with E-state index in [0.29, 0.717) is 6.42 Å². The third kappa shape index (κ3) is 45.7. The number of allylic oxidation sites excluding steroid dienone is 5. The highest BCUT2D eigenvalue weighted by molar-refractivity contribution is 5.76. The summed E-state index contributed by atoms with van der Waals surface area (Å²) in [6, 6.07) is -0.638. The summed E-state index contributed by atoms with van der Waals surface area (Å²) >= 11 is 0. The fraction of sp³-hybridized carbons (Fsp3) is 0.870. The van der Waals surface area contributed by atoms with Crippen LogP contribution in [0.25, 0.3) is 0 Å². The van der Waals surface area contributed by atoms with Gasteiger partial charge in [-0.25, -0.2) is 0 Å². The Bertz CT molecular complexity index is 882. The number of aliphatic hydroxyl groups is 2. The quantitative estimate of drug-likeness (QED) is 0.0423. The Morgan fingerprint density at radius 1 is 0.397 bits per heavy atom. The van der Waals surface area contributed by atoms with Gasteiger partial charge in [-0.1, -0.05) is 256 Å². The van der Waals surface area contributed by atoms with Crippen LogP contribution in [0.1, 0.15) is 284 Å². The molecule has 0 saturated carbocycles. The minimum atomic E-state index is -0.861. The Morgan fingerprint density at radius 3 is 1.00 bits per heavy atom. The van der Waals surface area contributed by atoms with Crippen LogP contribution in [0.5, 0.6) is 0 Å². The molecule has 342 valence electrons. The molecular weight excluding hydrogens is 711 g/mol. The SMILES string of the molecule is CCCCCCCCCCCCCC/C=C\CCCCCCCCCCCCCCC(=O)NC(CO)C(O)/C=C/CC/C=C/CCCCCCCCCCCCCC. The van der Waals surface area contributed by atoms with Crippen molar-refractivity contribution in [2.45, 2.75) is 296 Å². The largest absolute Gasteiger partial charge is 0.394 e. The molecule has 0 aromatic heterocycles. The summed E-state index contributed by atoms with van der Waals surface area (Å²) < 4.78 is 0. The summed E-state index contributed by atoms with van der Waals surface area (Å²) in [5.74, 6) is -0.0712. The Labute approximate surface area is 363 Å². The molecule has 0 aromatic carbocycles. The predicted octanol–water partition coefficient (Wildman–Crippen LogP) is 16.9. The molecule has 2 atom stereocenters. The van der Waals surface area contributed by atoms with Crippen LogP contribution in [0.3, 0.4) is 0 Å². The van der Waals surface area contributed by atoms with Crippen LogP contribution < -0.4 is 5.32 Å². The van der Waals surface area contributed by atoms with Gasteiger partial charge in [0.05, 0.1) is 18.8 Å². The summed E-state index contributed by atoms with van der Waals surface area (Å²) in [5.41, 5.74) is 0. The van der Waals surface area contributed by atoms with E-state index in [0.717, 1.165) is 32.1 Å². The molecule has 0 aliphatic heterocycles. The fourth-order valence-electron chi connectivity index (χ4n) is 8.07. The van der Waals surface area contributed by atoms with E-state index in [4.69, 9.17) is 0 Å². The van der Waals surface area contributed by atoms with Gasteiger partial charge in [0.2, 0.25) is 5.91 Å². The average molecular weight is 814 g/mol. The lowest BCUT2D eigenvalue weighted by Crippen LogP contribution is -2.45. The predicted molar refractivity (Wildman–Crippen MR) is 258 cm³/mol. The van der Waals surface area contributed by atoms with E-state index >= 15 is 0 Å². The first-order valence-electron chi connectivity index (χ1n) is 26.2. The first kappa shape index (κ1) is 56.6. The smallest absolute Gasteiger partial charge is 0.220 e. The maximum Gasteiger partial charge on any atom is 0.220 e. The van der Waals surface area contributed by atoms with Gasteiger partial charge in [-0.15, -0.1) is 0 Å². The number of unbranched alkanes of at least 4 members (excludes halogenated alkanes) is 37. The van der Waals surface area contributed by atoms with Gasteiger partial charge < -0.3 is 15.5 Å². The molecule has 0 bridgehead atoms. The van der Waals surface area contributed by atoms with Crippen molar-refractivity contribution in [3.05, 3.63) is 36.5 Å². The van der Waals surface area contributed by atoms with E-state index in [1.165, 1.54) is 231 Å². The molecule has 2 unspecified atom stereocenters. The fourth-order valence-corrected chi connectivity index (χ4v) is 8.07. The van der Waals surface area contributed by atoms with Crippen molar-refractivity contribution < 1.29 is 15.0 Å². The van der Waals surface area contributed by atoms with Gasteiger partial charge in [0.25, 0.3) is 0 Å². The number of aliphatic hydroxyl groups excluding tert-OH is 2. The molecule has 0 rings (SSSR count). The maximum atomic E-state index is 12.4. The maximum absolute atomic E-state index is 12.4. The van der Waals surface area contributed by atoms with Crippen LogP contribution >= 0.6 is 0 Å². The summed E-state index contributed by atoms with van der Waals surface area (Å²) in [5, 5.41) is 23.1. The van der Waals surface area contributed by atoms with Crippen LogP contribution in [0.4, 0.5) is 0 Å². The monoisotopic (exact) mass is 814 g/mol. The molecule has 0 heterocycles. The van der Waals surface area contributed by atoms with E-state index in [-0.39, 0.29) is 12.5 Å². The molecule has 58 heavy (non-hydrogen) atoms. The number of hydrogen-bond acceptors (Lipinski definition) is 3. The Morgan fingerprint density at radius 2 is 0.672 bits per heavy atom. The van der Waals surface area contributed by atoms with Crippen LogP contribution in [0, 0.1) is 0 Å². The molecular formula is C54H103NO3. The van der Waals surface area contributed by atoms with Crippen molar-refractivity contribution in [2.75, 3.05) is 6.61 Å². The third-order valence-corrected chi connectivity index (χ3v) is 12.1. The summed E-state index contributed by atoms with van der Waals surface area (Å²) in [6.07, 6.45) is 67.2. The minimum Gasteiger partial charge on any atom is -0.394 e.